The zero-order valence-electron chi connectivity index (χ0n) is 13.8. The molecule has 21 heavy (non-hydrogen) atoms. The number of hydrogen-bond acceptors (Lipinski definition) is 3. The van der Waals surface area contributed by atoms with Crippen molar-refractivity contribution in [2.45, 2.75) is 93.4 Å². The molecule has 1 saturated heterocycles. The summed E-state index contributed by atoms with van der Waals surface area (Å²) in [5.74, 6) is 0. The van der Waals surface area contributed by atoms with E-state index >= 15 is 0 Å². The van der Waals surface area contributed by atoms with Gasteiger partial charge >= 0.3 is 0 Å². The highest BCUT2D eigenvalue weighted by molar-refractivity contribution is 8.00. The van der Waals surface area contributed by atoms with E-state index in [1.807, 2.05) is 0 Å². The van der Waals surface area contributed by atoms with Crippen molar-refractivity contribution in [2.24, 2.45) is 0 Å². The number of hydrogen-bond donors (Lipinski definition) is 1. The average Bonchev–Trinajstić information content (AvgIpc) is 2.55. The molecule has 1 unspecified atom stereocenters. The van der Waals surface area contributed by atoms with Crippen LogP contribution in [0.25, 0.3) is 0 Å². The molecule has 0 aromatic heterocycles. The quantitative estimate of drug-likeness (QED) is 0.824. The second-order valence-corrected chi connectivity index (χ2v) is 8.88. The highest BCUT2D eigenvalue weighted by Crippen LogP contribution is 2.40. The van der Waals surface area contributed by atoms with Crippen LogP contribution in [0.1, 0.15) is 77.0 Å². The van der Waals surface area contributed by atoms with Gasteiger partial charge in [-0.25, -0.2) is 0 Å². The fourth-order valence-corrected chi connectivity index (χ4v) is 5.65. The first kappa shape index (κ1) is 16.1. The molecule has 1 N–H and O–H groups in total. The Morgan fingerprint density at radius 2 is 1.67 bits per heavy atom. The summed E-state index contributed by atoms with van der Waals surface area (Å²) in [7, 11) is 0. The number of ether oxygens (including phenoxy) is 1. The SMILES string of the molecule is CSC1(CNC2CCOC3(CCCCC3)C2)CCCCC1. The molecule has 1 heterocycles. The van der Waals surface area contributed by atoms with Gasteiger partial charge in [-0.2, -0.15) is 11.8 Å². The Morgan fingerprint density at radius 3 is 2.33 bits per heavy atom. The van der Waals surface area contributed by atoms with Gasteiger partial charge in [0.15, 0.2) is 0 Å². The maximum atomic E-state index is 6.23. The van der Waals surface area contributed by atoms with Crippen molar-refractivity contribution < 1.29 is 4.74 Å². The van der Waals surface area contributed by atoms with Crippen molar-refractivity contribution in [3.63, 3.8) is 0 Å². The predicted octanol–water partition coefficient (Wildman–Crippen LogP) is 4.52. The van der Waals surface area contributed by atoms with Gasteiger partial charge in [-0.3, -0.25) is 0 Å². The van der Waals surface area contributed by atoms with Gasteiger partial charge in [0.2, 0.25) is 0 Å². The van der Waals surface area contributed by atoms with E-state index < -0.39 is 0 Å². The van der Waals surface area contributed by atoms with Crippen LogP contribution in [0.15, 0.2) is 0 Å². The van der Waals surface area contributed by atoms with Crippen molar-refractivity contribution in [1.29, 1.82) is 0 Å². The molecule has 122 valence electrons. The van der Waals surface area contributed by atoms with Crippen LogP contribution in [0.3, 0.4) is 0 Å². The summed E-state index contributed by atoms with van der Waals surface area (Å²) in [6.45, 7) is 2.19. The van der Waals surface area contributed by atoms with Crippen LogP contribution in [0.4, 0.5) is 0 Å². The van der Waals surface area contributed by atoms with Crippen molar-refractivity contribution >= 4 is 11.8 Å². The average molecular weight is 312 g/mol. The molecule has 3 fully saturated rings. The summed E-state index contributed by atoms with van der Waals surface area (Å²) in [6.07, 6.45) is 18.7. The van der Waals surface area contributed by atoms with E-state index in [0.29, 0.717) is 10.8 Å². The lowest BCUT2D eigenvalue weighted by molar-refractivity contribution is -0.109. The zero-order chi connectivity index (χ0) is 14.6. The lowest BCUT2D eigenvalue weighted by Gasteiger charge is -2.45. The summed E-state index contributed by atoms with van der Waals surface area (Å²) in [4.78, 5) is 0. The molecule has 3 rings (SSSR count). The molecular formula is C18H33NOS. The first-order valence-corrected chi connectivity index (χ1v) is 10.4. The third-order valence-electron chi connectivity index (χ3n) is 6.17. The Labute approximate surface area is 135 Å². The smallest absolute Gasteiger partial charge is 0.0697 e. The molecule has 1 spiro atoms. The van der Waals surface area contributed by atoms with Gasteiger partial charge < -0.3 is 10.1 Å². The summed E-state index contributed by atoms with van der Waals surface area (Å²) in [5.41, 5.74) is 0.243. The summed E-state index contributed by atoms with van der Waals surface area (Å²) < 4.78 is 6.76. The second-order valence-electron chi connectivity index (χ2n) is 7.61. The topological polar surface area (TPSA) is 21.3 Å². The van der Waals surface area contributed by atoms with Crippen LogP contribution in [0.2, 0.25) is 0 Å². The van der Waals surface area contributed by atoms with Crippen LogP contribution in [0, 0.1) is 0 Å². The van der Waals surface area contributed by atoms with Gasteiger partial charge in [0.05, 0.1) is 5.60 Å². The normalized spacial score (nSPS) is 32.1. The maximum Gasteiger partial charge on any atom is 0.0697 e. The number of thioether (sulfide) groups is 1. The van der Waals surface area contributed by atoms with E-state index in [2.05, 4.69) is 23.3 Å². The molecule has 2 saturated carbocycles. The van der Waals surface area contributed by atoms with Crippen LogP contribution in [-0.2, 0) is 4.74 Å². The molecule has 0 aromatic rings. The molecule has 0 bridgehead atoms. The largest absolute Gasteiger partial charge is 0.375 e. The van der Waals surface area contributed by atoms with Crippen LogP contribution < -0.4 is 5.32 Å². The summed E-state index contributed by atoms with van der Waals surface area (Å²) in [6, 6.07) is 0.697. The summed E-state index contributed by atoms with van der Waals surface area (Å²) in [5, 5.41) is 3.95. The van der Waals surface area contributed by atoms with Crippen molar-refractivity contribution in [3.8, 4) is 0 Å². The Balaban J connectivity index is 1.52. The zero-order valence-corrected chi connectivity index (χ0v) is 14.6. The number of nitrogens with one attached hydrogen (secondary N) is 1. The Morgan fingerprint density at radius 1 is 1.00 bits per heavy atom. The highest BCUT2D eigenvalue weighted by Gasteiger charge is 2.39. The van der Waals surface area contributed by atoms with E-state index in [1.54, 1.807) is 0 Å². The molecule has 1 aliphatic heterocycles. The lowest BCUT2D eigenvalue weighted by atomic mass is 9.78. The van der Waals surface area contributed by atoms with Gasteiger partial charge in [-0.1, -0.05) is 38.5 Å². The van der Waals surface area contributed by atoms with E-state index in [4.69, 9.17) is 4.74 Å². The molecular weight excluding hydrogens is 278 g/mol. The van der Waals surface area contributed by atoms with Crippen LogP contribution >= 0.6 is 11.8 Å². The third-order valence-corrected chi connectivity index (χ3v) is 7.59. The van der Waals surface area contributed by atoms with E-state index in [1.165, 1.54) is 83.6 Å². The first-order chi connectivity index (χ1) is 10.3. The minimum Gasteiger partial charge on any atom is -0.375 e. The fourth-order valence-electron chi connectivity index (χ4n) is 4.73. The number of rotatable bonds is 4. The van der Waals surface area contributed by atoms with Crippen LogP contribution in [0.5, 0.6) is 0 Å². The van der Waals surface area contributed by atoms with E-state index in [9.17, 15) is 0 Å². The third kappa shape index (κ3) is 3.97. The predicted molar refractivity (Wildman–Crippen MR) is 92.1 cm³/mol. The molecule has 2 aliphatic carbocycles. The van der Waals surface area contributed by atoms with E-state index in [0.717, 1.165) is 6.61 Å². The lowest BCUT2D eigenvalue weighted by Crippen LogP contribution is -2.51. The molecule has 0 radical (unpaired) electrons. The fraction of sp³-hybridized carbons (Fsp3) is 1.00. The standard InChI is InChI=1S/C18H33NOS/c1-21-18(11-6-3-7-12-18)15-19-16-8-13-20-17(14-16)9-4-2-5-10-17/h16,19H,2-15H2,1H3. The molecule has 0 aromatic carbocycles. The highest BCUT2D eigenvalue weighted by atomic mass is 32.2. The second kappa shape index (κ2) is 7.23. The van der Waals surface area contributed by atoms with Crippen LogP contribution in [-0.4, -0.2) is 35.8 Å². The Kier molecular flexibility index (Phi) is 5.55. The van der Waals surface area contributed by atoms with Gasteiger partial charge in [-0.15, -0.1) is 0 Å². The van der Waals surface area contributed by atoms with Gasteiger partial charge in [0.25, 0.3) is 0 Å². The molecule has 0 amide bonds. The molecule has 3 aliphatic rings. The monoisotopic (exact) mass is 311 g/mol. The van der Waals surface area contributed by atoms with Gasteiger partial charge in [-0.05, 0) is 44.8 Å². The molecule has 2 nitrogen and oxygen atoms in total. The molecule has 3 heteroatoms. The first-order valence-electron chi connectivity index (χ1n) is 9.19. The van der Waals surface area contributed by atoms with Crippen molar-refractivity contribution in [2.75, 3.05) is 19.4 Å². The maximum absolute atomic E-state index is 6.23. The molecule has 1 atom stereocenters. The minimum atomic E-state index is 0.243. The van der Waals surface area contributed by atoms with Gasteiger partial charge in [0, 0.05) is 23.9 Å². The van der Waals surface area contributed by atoms with Gasteiger partial charge in [0.1, 0.15) is 0 Å². The summed E-state index contributed by atoms with van der Waals surface area (Å²) >= 11 is 2.12. The minimum absolute atomic E-state index is 0.243. The van der Waals surface area contributed by atoms with Crippen molar-refractivity contribution in [3.05, 3.63) is 0 Å². The van der Waals surface area contributed by atoms with Crippen molar-refractivity contribution in [1.82, 2.24) is 5.32 Å². The van der Waals surface area contributed by atoms with E-state index in [-0.39, 0.29) is 5.60 Å². The Bertz CT molecular complexity index is 316. The Hall–Kier alpha value is 0.270.